The number of anilines is 1. The molecule has 0 spiro atoms. The van der Waals surface area contributed by atoms with Crippen LogP contribution in [0.1, 0.15) is 6.92 Å². The number of nitrogens with two attached hydrogens (primary N) is 1. The predicted octanol–water partition coefficient (Wildman–Crippen LogP) is 3.63. The molecule has 7 nitrogen and oxygen atoms in total. The van der Waals surface area contributed by atoms with Crippen molar-refractivity contribution in [2.75, 3.05) is 26.1 Å². The standard InChI is InChI=1S/C17H19N3O4/c1-3-23-17(21)11-24-14-7-5-13(6-8-14)19-20-15-9-4-12(18)10-16(15)22-2/h4-10H,3,11,18H2,1-2H3/b20-19+. The first kappa shape index (κ1) is 17.3. The van der Waals surface area contributed by atoms with Crippen molar-refractivity contribution in [2.24, 2.45) is 10.2 Å². The summed E-state index contributed by atoms with van der Waals surface area (Å²) in [6, 6.07) is 12.0. The van der Waals surface area contributed by atoms with Gasteiger partial charge in [-0.05, 0) is 43.3 Å². The maximum atomic E-state index is 11.2. The molecule has 24 heavy (non-hydrogen) atoms. The van der Waals surface area contributed by atoms with Gasteiger partial charge < -0.3 is 19.9 Å². The molecule has 0 aliphatic carbocycles. The molecule has 0 unspecified atom stereocenters. The number of hydrogen-bond donors (Lipinski definition) is 1. The monoisotopic (exact) mass is 329 g/mol. The topological polar surface area (TPSA) is 95.5 Å². The average Bonchev–Trinajstić information content (AvgIpc) is 2.60. The fourth-order valence-electron chi connectivity index (χ4n) is 1.84. The van der Waals surface area contributed by atoms with E-state index in [1.54, 1.807) is 56.5 Å². The van der Waals surface area contributed by atoms with E-state index in [0.717, 1.165) is 0 Å². The van der Waals surface area contributed by atoms with Gasteiger partial charge in [0.05, 0.1) is 19.4 Å². The molecular formula is C17H19N3O4. The predicted molar refractivity (Wildman–Crippen MR) is 90.2 cm³/mol. The van der Waals surface area contributed by atoms with Gasteiger partial charge in [-0.3, -0.25) is 0 Å². The Labute approximate surface area is 140 Å². The van der Waals surface area contributed by atoms with Gasteiger partial charge in [-0.2, -0.15) is 5.11 Å². The smallest absolute Gasteiger partial charge is 0.344 e. The summed E-state index contributed by atoms with van der Waals surface area (Å²) in [5.41, 5.74) is 7.50. The van der Waals surface area contributed by atoms with Crippen LogP contribution in [-0.4, -0.2) is 26.3 Å². The summed E-state index contributed by atoms with van der Waals surface area (Å²) in [7, 11) is 1.55. The highest BCUT2D eigenvalue weighted by Crippen LogP contribution is 2.31. The van der Waals surface area contributed by atoms with Gasteiger partial charge in [0, 0.05) is 11.8 Å². The van der Waals surface area contributed by atoms with Gasteiger partial charge in [0.2, 0.25) is 0 Å². The van der Waals surface area contributed by atoms with Gasteiger partial charge in [0.15, 0.2) is 6.61 Å². The number of nitrogen functional groups attached to an aromatic ring is 1. The number of azo groups is 1. The minimum absolute atomic E-state index is 0.128. The lowest BCUT2D eigenvalue weighted by Gasteiger charge is -2.06. The zero-order chi connectivity index (χ0) is 17.4. The highest BCUT2D eigenvalue weighted by atomic mass is 16.6. The third-order valence-electron chi connectivity index (χ3n) is 2.98. The van der Waals surface area contributed by atoms with Gasteiger partial charge in [-0.1, -0.05) is 0 Å². The molecule has 0 saturated heterocycles. The second kappa shape index (κ2) is 8.52. The molecular weight excluding hydrogens is 310 g/mol. The van der Waals surface area contributed by atoms with Crippen LogP contribution < -0.4 is 15.2 Å². The van der Waals surface area contributed by atoms with Crippen LogP contribution in [0.2, 0.25) is 0 Å². The first-order chi connectivity index (χ1) is 11.6. The minimum Gasteiger partial charge on any atom is -0.494 e. The van der Waals surface area contributed by atoms with Gasteiger partial charge >= 0.3 is 5.97 Å². The van der Waals surface area contributed by atoms with Gasteiger partial charge in [-0.25, -0.2) is 4.79 Å². The average molecular weight is 329 g/mol. The first-order valence-corrected chi connectivity index (χ1v) is 7.36. The van der Waals surface area contributed by atoms with Crippen molar-refractivity contribution in [3.63, 3.8) is 0 Å². The van der Waals surface area contributed by atoms with E-state index in [2.05, 4.69) is 10.2 Å². The molecule has 2 aromatic rings. The van der Waals surface area contributed by atoms with Crippen molar-refractivity contribution in [3.05, 3.63) is 42.5 Å². The lowest BCUT2D eigenvalue weighted by molar-refractivity contribution is -0.145. The molecule has 0 saturated carbocycles. The van der Waals surface area contributed by atoms with Crippen LogP contribution in [0, 0.1) is 0 Å². The molecule has 0 aliphatic rings. The Morgan fingerprint density at radius 2 is 1.88 bits per heavy atom. The van der Waals surface area contributed by atoms with E-state index >= 15 is 0 Å². The number of esters is 1. The summed E-state index contributed by atoms with van der Waals surface area (Å²) < 4.78 is 15.3. The molecule has 0 aliphatic heterocycles. The number of carbonyl (C=O) groups excluding carboxylic acids is 1. The van der Waals surface area contributed by atoms with Crippen LogP contribution in [0.5, 0.6) is 11.5 Å². The summed E-state index contributed by atoms with van der Waals surface area (Å²) in [6.45, 7) is 1.95. The molecule has 0 heterocycles. The number of benzene rings is 2. The van der Waals surface area contributed by atoms with E-state index in [1.807, 2.05) is 0 Å². The Morgan fingerprint density at radius 1 is 1.12 bits per heavy atom. The van der Waals surface area contributed by atoms with Crippen LogP contribution in [0.25, 0.3) is 0 Å². The van der Waals surface area contributed by atoms with E-state index in [1.165, 1.54) is 0 Å². The van der Waals surface area contributed by atoms with Crippen LogP contribution >= 0.6 is 0 Å². The van der Waals surface area contributed by atoms with Crippen LogP contribution in [0.4, 0.5) is 17.1 Å². The van der Waals surface area contributed by atoms with Crippen molar-refractivity contribution in [1.82, 2.24) is 0 Å². The first-order valence-electron chi connectivity index (χ1n) is 7.36. The number of rotatable bonds is 7. The van der Waals surface area contributed by atoms with Crippen molar-refractivity contribution < 1.29 is 19.0 Å². The van der Waals surface area contributed by atoms with Crippen molar-refractivity contribution >= 4 is 23.0 Å². The zero-order valence-corrected chi connectivity index (χ0v) is 13.6. The normalized spacial score (nSPS) is 10.6. The van der Waals surface area contributed by atoms with E-state index in [-0.39, 0.29) is 6.61 Å². The largest absolute Gasteiger partial charge is 0.494 e. The third-order valence-corrected chi connectivity index (χ3v) is 2.98. The maximum absolute atomic E-state index is 11.2. The Balaban J connectivity index is 2.00. The Kier molecular flexibility index (Phi) is 6.13. The molecule has 7 heteroatoms. The SMILES string of the molecule is CCOC(=O)COc1ccc(/N=N/c2ccc(N)cc2OC)cc1. The lowest BCUT2D eigenvalue weighted by atomic mass is 10.2. The van der Waals surface area contributed by atoms with Gasteiger partial charge in [-0.15, -0.1) is 5.11 Å². The van der Waals surface area contributed by atoms with Crippen LogP contribution in [0.15, 0.2) is 52.7 Å². The summed E-state index contributed by atoms with van der Waals surface area (Å²) in [4.78, 5) is 11.2. The van der Waals surface area contributed by atoms with Crippen molar-refractivity contribution in [1.29, 1.82) is 0 Å². The molecule has 0 atom stereocenters. The molecule has 2 aromatic carbocycles. The number of nitrogens with zero attached hydrogens (tertiary/aromatic N) is 2. The van der Waals surface area contributed by atoms with E-state index in [0.29, 0.717) is 35.2 Å². The second-order valence-electron chi connectivity index (χ2n) is 4.72. The fraction of sp³-hybridized carbons (Fsp3) is 0.235. The number of hydrogen-bond acceptors (Lipinski definition) is 7. The van der Waals surface area contributed by atoms with Gasteiger partial charge in [0.25, 0.3) is 0 Å². The van der Waals surface area contributed by atoms with E-state index < -0.39 is 5.97 Å². The Hall–Kier alpha value is -3.09. The Morgan fingerprint density at radius 3 is 2.54 bits per heavy atom. The Bertz CT molecular complexity index is 714. The quantitative estimate of drug-likeness (QED) is 0.475. The van der Waals surface area contributed by atoms with Crippen LogP contribution in [0.3, 0.4) is 0 Å². The van der Waals surface area contributed by atoms with E-state index in [9.17, 15) is 4.79 Å². The van der Waals surface area contributed by atoms with Crippen molar-refractivity contribution in [3.8, 4) is 11.5 Å². The zero-order valence-electron chi connectivity index (χ0n) is 13.6. The van der Waals surface area contributed by atoms with Crippen molar-refractivity contribution in [2.45, 2.75) is 6.92 Å². The molecule has 0 radical (unpaired) electrons. The molecule has 0 fully saturated rings. The molecule has 126 valence electrons. The summed E-state index contributed by atoms with van der Waals surface area (Å²) in [5.74, 6) is 0.692. The maximum Gasteiger partial charge on any atom is 0.344 e. The second-order valence-corrected chi connectivity index (χ2v) is 4.72. The number of methoxy groups -OCH3 is 1. The van der Waals surface area contributed by atoms with Crippen LogP contribution in [-0.2, 0) is 9.53 Å². The highest BCUT2D eigenvalue weighted by molar-refractivity contribution is 5.71. The summed E-state index contributed by atoms with van der Waals surface area (Å²) in [5, 5.41) is 8.28. The summed E-state index contributed by atoms with van der Waals surface area (Å²) in [6.07, 6.45) is 0. The number of carbonyl (C=O) groups is 1. The molecule has 2 rings (SSSR count). The summed E-state index contributed by atoms with van der Waals surface area (Å²) >= 11 is 0. The minimum atomic E-state index is -0.406. The lowest BCUT2D eigenvalue weighted by Crippen LogP contribution is -2.14. The van der Waals surface area contributed by atoms with Gasteiger partial charge in [0.1, 0.15) is 17.2 Å². The molecule has 0 amide bonds. The number of ether oxygens (including phenoxy) is 3. The molecule has 0 aromatic heterocycles. The fourth-order valence-corrected chi connectivity index (χ4v) is 1.84. The third kappa shape index (κ3) is 4.98. The molecule has 2 N–H and O–H groups in total. The van der Waals surface area contributed by atoms with E-state index in [4.69, 9.17) is 19.9 Å². The highest BCUT2D eigenvalue weighted by Gasteiger charge is 2.04. The molecule has 0 bridgehead atoms.